The average molecular weight is 311 g/mol. The van der Waals surface area contributed by atoms with Crippen LogP contribution in [0.3, 0.4) is 0 Å². The van der Waals surface area contributed by atoms with Crippen molar-refractivity contribution >= 4 is 17.8 Å². The molecule has 1 amide bonds. The number of benzene rings is 2. The minimum Gasteiger partial charge on any atom is -0.494 e. The molecule has 120 valence electrons. The van der Waals surface area contributed by atoms with Crippen molar-refractivity contribution in [3.05, 3.63) is 59.7 Å². The predicted octanol–water partition coefficient (Wildman–Crippen LogP) is 2.96. The lowest BCUT2D eigenvalue weighted by Crippen LogP contribution is -2.25. The molecule has 23 heavy (non-hydrogen) atoms. The van der Waals surface area contributed by atoms with E-state index >= 15 is 0 Å². The molecule has 5 heteroatoms. The van der Waals surface area contributed by atoms with Crippen LogP contribution in [-0.4, -0.2) is 25.3 Å². The first-order valence-electron chi connectivity index (χ1n) is 7.52. The molecule has 0 unspecified atom stereocenters. The Morgan fingerprint density at radius 1 is 1.22 bits per heavy atom. The second kappa shape index (κ2) is 8.58. The molecule has 0 aliphatic carbocycles. The Hall–Kier alpha value is -2.82. The van der Waals surface area contributed by atoms with Gasteiger partial charge in [-0.25, -0.2) is 5.43 Å². The maximum atomic E-state index is 11.7. The Balaban J connectivity index is 1.76. The van der Waals surface area contributed by atoms with Crippen molar-refractivity contribution in [1.82, 2.24) is 5.43 Å². The van der Waals surface area contributed by atoms with Gasteiger partial charge >= 0.3 is 0 Å². The molecule has 0 aliphatic rings. The maximum absolute atomic E-state index is 11.7. The summed E-state index contributed by atoms with van der Waals surface area (Å²) in [4.78, 5) is 11.7. The first-order valence-corrected chi connectivity index (χ1v) is 7.52. The van der Waals surface area contributed by atoms with E-state index < -0.39 is 0 Å². The van der Waals surface area contributed by atoms with Crippen molar-refractivity contribution in [1.29, 1.82) is 0 Å². The fraction of sp³-hybridized carbons (Fsp3) is 0.222. The van der Waals surface area contributed by atoms with Crippen LogP contribution in [0.2, 0.25) is 0 Å². The van der Waals surface area contributed by atoms with Crippen LogP contribution in [0.15, 0.2) is 53.6 Å². The second-order valence-corrected chi connectivity index (χ2v) is 5.02. The van der Waals surface area contributed by atoms with Gasteiger partial charge in [-0.1, -0.05) is 29.8 Å². The highest BCUT2D eigenvalue weighted by molar-refractivity contribution is 5.84. The molecule has 2 N–H and O–H groups in total. The van der Waals surface area contributed by atoms with E-state index in [0.29, 0.717) is 6.61 Å². The molecule has 0 heterocycles. The first kappa shape index (κ1) is 16.5. The zero-order valence-electron chi connectivity index (χ0n) is 13.4. The summed E-state index contributed by atoms with van der Waals surface area (Å²) in [6.07, 6.45) is 1.63. The molecule has 2 aromatic rings. The Morgan fingerprint density at radius 3 is 2.70 bits per heavy atom. The predicted molar refractivity (Wildman–Crippen MR) is 93.0 cm³/mol. The van der Waals surface area contributed by atoms with Gasteiger partial charge in [0, 0.05) is 5.69 Å². The summed E-state index contributed by atoms with van der Waals surface area (Å²) < 4.78 is 5.36. The normalized spacial score (nSPS) is 10.5. The van der Waals surface area contributed by atoms with Crippen LogP contribution in [0, 0.1) is 6.92 Å². The number of hydrogen-bond donors (Lipinski definition) is 2. The summed E-state index contributed by atoms with van der Waals surface area (Å²) >= 11 is 0. The Kier molecular flexibility index (Phi) is 6.17. The van der Waals surface area contributed by atoms with E-state index in [1.807, 2.05) is 62.4 Å². The zero-order valence-corrected chi connectivity index (χ0v) is 13.4. The third-order valence-corrected chi connectivity index (χ3v) is 3.06. The van der Waals surface area contributed by atoms with Crippen molar-refractivity contribution in [3.63, 3.8) is 0 Å². The lowest BCUT2D eigenvalue weighted by molar-refractivity contribution is -0.119. The van der Waals surface area contributed by atoms with Crippen LogP contribution in [0.1, 0.15) is 18.1 Å². The molecule has 2 aromatic carbocycles. The fourth-order valence-electron chi connectivity index (χ4n) is 1.99. The third-order valence-electron chi connectivity index (χ3n) is 3.06. The quantitative estimate of drug-likeness (QED) is 0.610. The van der Waals surface area contributed by atoms with Gasteiger partial charge in [0.2, 0.25) is 0 Å². The lowest BCUT2D eigenvalue weighted by Gasteiger charge is -2.07. The van der Waals surface area contributed by atoms with E-state index in [2.05, 4.69) is 15.8 Å². The van der Waals surface area contributed by atoms with Crippen molar-refractivity contribution in [2.75, 3.05) is 18.5 Å². The smallest absolute Gasteiger partial charge is 0.259 e. The standard InChI is InChI=1S/C18H21N3O2/c1-3-23-17-9-7-16(8-10-17)19-13-18(22)21-20-12-15-6-4-5-14(2)11-15/h4-12,19H,3,13H2,1-2H3,(H,21,22). The molecule has 0 saturated heterocycles. The van der Waals surface area contributed by atoms with Crippen LogP contribution in [0.25, 0.3) is 0 Å². The molecule has 0 fully saturated rings. The minimum absolute atomic E-state index is 0.152. The van der Waals surface area contributed by atoms with Gasteiger partial charge < -0.3 is 10.1 Å². The molecule has 0 spiro atoms. The number of nitrogens with zero attached hydrogens (tertiary/aromatic N) is 1. The molecule has 0 saturated carbocycles. The Bertz CT molecular complexity index is 666. The van der Waals surface area contributed by atoms with Gasteiger partial charge in [-0.3, -0.25) is 4.79 Å². The van der Waals surface area contributed by atoms with E-state index in [0.717, 1.165) is 22.6 Å². The summed E-state index contributed by atoms with van der Waals surface area (Å²) in [5.74, 6) is 0.605. The molecule has 0 radical (unpaired) electrons. The second-order valence-electron chi connectivity index (χ2n) is 5.02. The monoisotopic (exact) mass is 311 g/mol. The number of nitrogens with one attached hydrogen (secondary N) is 2. The summed E-state index contributed by atoms with van der Waals surface area (Å²) in [6, 6.07) is 15.3. The number of hydrazone groups is 1. The molecular weight excluding hydrogens is 290 g/mol. The lowest BCUT2D eigenvalue weighted by atomic mass is 10.2. The third kappa shape index (κ3) is 5.82. The van der Waals surface area contributed by atoms with E-state index in [9.17, 15) is 4.79 Å². The van der Waals surface area contributed by atoms with E-state index in [1.165, 1.54) is 0 Å². The number of hydrogen-bond acceptors (Lipinski definition) is 4. The molecule has 0 aliphatic heterocycles. The molecule has 5 nitrogen and oxygen atoms in total. The number of amides is 1. The van der Waals surface area contributed by atoms with Gasteiger partial charge in [0.05, 0.1) is 19.4 Å². The van der Waals surface area contributed by atoms with E-state index in [1.54, 1.807) is 6.21 Å². The summed E-state index contributed by atoms with van der Waals surface area (Å²) in [7, 11) is 0. The van der Waals surface area contributed by atoms with Crippen LogP contribution in [0.5, 0.6) is 5.75 Å². The molecule has 0 atom stereocenters. The van der Waals surface area contributed by atoms with Crippen molar-refractivity contribution in [3.8, 4) is 5.75 Å². The number of carbonyl (C=O) groups excluding carboxylic acids is 1. The van der Waals surface area contributed by atoms with Gasteiger partial charge in [-0.05, 0) is 43.7 Å². The molecule has 0 bridgehead atoms. The molecular formula is C18H21N3O2. The van der Waals surface area contributed by atoms with Gasteiger partial charge in [0.25, 0.3) is 5.91 Å². The summed E-state index contributed by atoms with van der Waals surface area (Å²) in [5.41, 5.74) is 5.45. The highest BCUT2D eigenvalue weighted by Crippen LogP contribution is 2.15. The summed E-state index contributed by atoms with van der Waals surface area (Å²) in [5, 5.41) is 6.98. The number of carbonyl (C=O) groups is 1. The van der Waals surface area contributed by atoms with Gasteiger partial charge in [0.1, 0.15) is 5.75 Å². The van der Waals surface area contributed by atoms with E-state index in [4.69, 9.17) is 4.74 Å². The average Bonchev–Trinajstić information content (AvgIpc) is 2.55. The van der Waals surface area contributed by atoms with Gasteiger partial charge in [-0.2, -0.15) is 5.10 Å². The molecule has 2 rings (SSSR count). The van der Waals surface area contributed by atoms with Crippen LogP contribution >= 0.6 is 0 Å². The Morgan fingerprint density at radius 2 is 2.00 bits per heavy atom. The van der Waals surface area contributed by atoms with E-state index in [-0.39, 0.29) is 12.5 Å². The number of rotatable bonds is 7. The van der Waals surface area contributed by atoms with Crippen molar-refractivity contribution < 1.29 is 9.53 Å². The SMILES string of the molecule is CCOc1ccc(NCC(=O)NN=Cc2cccc(C)c2)cc1. The fourth-order valence-corrected chi connectivity index (χ4v) is 1.99. The van der Waals surface area contributed by atoms with Crippen LogP contribution in [0.4, 0.5) is 5.69 Å². The molecule has 0 aromatic heterocycles. The highest BCUT2D eigenvalue weighted by atomic mass is 16.5. The number of ether oxygens (including phenoxy) is 1. The number of aryl methyl sites for hydroxylation is 1. The van der Waals surface area contributed by atoms with Crippen molar-refractivity contribution in [2.45, 2.75) is 13.8 Å². The minimum atomic E-state index is -0.206. The van der Waals surface area contributed by atoms with Crippen molar-refractivity contribution in [2.24, 2.45) is 5.10 Å². The first-order chi connectivity index (χ1) is 11.2. The highest BCUT2D eigenvalue weighted by Gasteiger charge is 2.00. The number of anilines is 1. The van der Waals surface area contributed by atoms with Crippen LogP contribution < -0.4 is 15.5 Å². The largest absolute Gasteiger partial charge is 0.494 e. The van der Waals surface area contributed by atoms with Gasteiger partial charge in [-0.15, -0.1) is 0 Å². The van der Waals surface area contributed by atoms with Gasteiger partial charge in [0.15, 0.2) is 0 Å². The van der Waals surface area contributed by atoms with Crippen LogP contribution in [-0.2, 0) is 4.79 Å². The summed E-state index contributed by atoms with van der Waals surface area (Å²) in [6.45, 7) is 4.73. The maximum Gasteiger partial charge on any atom is 0.259 e. The topological polar surface area (TPSA) is 62.7 Å². The Labute approximate surface area is 136 Å². The zero-order chi connectivity index (χ0) is 16.5.